The minimum atomic E-state index is -0.284. The quantitative estimate of drug-likeness (QED) is 0.811. The third-order valence-electron chi connectivity index (χ3n) is 4.00. The molecule has 1 N–H and O–H groups in total. The van der Waals surface area contributed by atoms with E-state index in [2.05, 4.69) is 16.2 Å². The van der Waals surface area contributed by atoms with Gasteiger partial charge in [-0.3, -0.25) is 9.59 Å². The highest BCUT2D eigenvalue weighted by Crippen LogP contribution is 2.33. The molecule has 5 nitrogen and oxygen atoms in total. The van der Waals surface area contributed by atoms with Crippen LogP contribution in [0.15, 0.2) is 16.8 Å². The number of aliphatic hydroxyl groups excluding tert-OH is 1. The second-order valence-corrected chi connectivity index (χ2v) is 6.11. The summed E-state index contributed by atoms with van der Waals surface area (Å²) in [6.07, 6.45) is 1.13. The molecule has 1 fully saturated rings. The molecule has 0 aliphatic carbocycles. The Morgan fingerprint density at radius 3 is 2.86 bits per heavy atom. The molecule has 1 amide bonds. The Hall–Kier alpha value is -1.40. The number of carbonyl (C=O) groups is 2. The Bertz CT molecular complexity index is 474. The third kappa shape index (κ3) is 4.04. The number of ether oxygens (including phenoxy) is 1. The lowest BCUT2D eigenvalue weighted by Crippen LogP contribution is -2.29. The van der Waals surface area contributed by atoms with Crippen molar-refractivity contribution in [3.05, 3.63) is 22.4 Å². The summed E-state index contributed by atoms with van der Waals surface area (Å²) in [5.74, 6) is 0.0821. The minimum Gasteiger partial charge on any atom is -0.469 e. The van der Waals surface area contributed by atoms with Gasteiger partial charge in [-0.15, -0.1) is 0 Å². The van der Waals surface area contributed by atoms with Crippen LogP contribution in [0.1, 0.15) is 30.7 Å². The normalized spacial score (nSPS) is 21.5. The van der Waals surface area contributed by atoms with Crippen LogP contribution in [-0.4, -0.2) is 48.7 Å². The Labute approximate surface area is 128 Å². The van der Waals surface area contributed by atoms with Crippen LogP contribution in [0.5, 0.6) is 0 Å². The number of hydrogen-bond acceptors (Lipinski definition) is 5. The SMILES string of the molecule is COC(=O)CCCC(=O)N1C[C@@H](CO)[C@H](c2ccsc2)C1. The van der Waals surface area contributed by atoms with Crippen LogP contribution in [-0.2, 0) is 14.3 Å². The van der Waals surface area contributed by atoms with Crippen molar-refractivity contribution < 1.29 is 19.4 Å². The first-order valence-electron chi connectivity index (χ1n) is 7.13. The number of hydrogen-bond donors (Lipinski definition) is 1. The van der Waals surface area contributed by atoms with Crippen molar-refractivity contribution in [3.63, 3.8) is 0 Å². The van der Waals surface area contributed by atoms with E-state index >= 15 is 0 Å². The van der Waals surface area contributed by atoms with Crippen LogP contribution in [0, 0.1) is 5.92 Å². The zero-order valence-corrected chi connectivity index (χ0v) is 13.0. The maximum absolute atomic E-state index is 12.2. The van der Waals surface area contributed by atoms with Crippen molar-refractivity contribution >= 4 is 23.2 Å². The summed E-state index contributed by atoms with van der Waals surface area (Å²) in [5, 5.41) is 13.6. The molecule has 2 atom stereocenters. The molecule has 116 valence electrons. The van der Waals surface area contributed by atoms with Crippen LogP contribution in [0.2, 0.25) is 0 Å². The summed E-state index contributed by atoms with van der Waals surface area (Å²) in [6.45, 7) is 1.33. The molecule has 1 aliphatic heterocycles. The lowest BCUT2D eigenvalue weighted by atomic mass is 9.92. The van der Waals surface area contributed by atoms with E-state index in [1.165, 1.54) is 12.7 Å². The summed E-state index contributed by atoms with van der Waals surface area (Å²) < 4.78 is 4.56. The molecule has 0 bridgehead atoms. The number of nitrogens with zero attached hydrogens (tertiary/aromatic N) is 1. The van der Waals surface area contributed by atoms with E-state index in [-0.39, 0.29) is 36.7 Å². The summed E-state index contributed by atoms with van der Waals surface area (Å²) in [4.78, 5) is 25.0. The van der Waals surface area contributed by atoms with Crippen LogP contribution in [0.4, 0.5) is 0 Å². The number of thiophene rings is 1. The van der Waals surface area contributed by atoms with Gasteiger partial charge >= 0.3 is 5.97 Å². The van der Waals surface area contributed by atoms with Crippen LogP contribution in [0.25, 0.3) is 0 Å². The first-order valence-corrected chi connectivity index (χ1v) is 8.07. The molecular weight excluding hydrogens is 290 g/mol. The molecule has 1 aliphatic rings. The number of aliphatic hydroxyl groups is 1. The van der Waals surface area contributed by atoms with Gasteiger partial charge in [0.05, 0.1) is 7.11 Å². The zero-order valence-electron chi connectivity index (χ0n) is 12.2. The predicted molar refractivity (Wildman–Crippen MR) is 80.1 cm³/mol. The maximum atomic E-state index is 12.2. The summed E-state index contributed by atoms with van der Waals surface area (Å²) in [6, 6.07) is 2.06. The second-order valence-electron chi connectivity index (χ2n) is 5.33. The average Bonchev–Trinajstić information content (AvgIpc) is 3.15. The summed E-state index contributed by atoms with van der Waals surface area (Å²) in [5.41, 5.74) is 1.20. The van der Waals surface area contributed by atoms with Crippen LogP contribution in [0.3, 0.4) is 0 Å². The Morgan fingerprint density at radius 1 is 1.43 bits per heavy atom. The minimum absolute atomic E-state index is 0.0510. The van der Waals surface area contributed by atoms with E-state index in [9.17, 15) is 14.7 Å². The highest BCUT2D eigenvalue weighted by molar-refractivity contribution is 7.08. The highest BCUT2D eigenvalue weighted by Gasteiger charge is 2.35. The molecule has 1 saturated heterocycles. The van der Waals surface area contributed by atoms with E-state index in [0.717, 1.165) is 0 Å². The molecule has 1 aromatic rings. The van der Waals surface area contributed by atoms with Gasteiger partial charge in [0, 0.05) is 44.4 Å². The van der Waals surface area contributed by atoms with Gasteiger partial charge in [0.2, 0.25) is 5.91 Å². The van der Waals surface area contributed by atoms with E-state index in [1.807, 2.05) is 5.38 Å². The van der Waals surface area contributed by atoms with Gasteiger partial charge in [-0.25, -0.2) is 0 Å². The Balaban J connectivity index is 1.87. The number of methoxy groups -OCH3 is 1. The fourth-order valence-electron chi connectivity index (χ4n) is 2.77. The lowest BCUT2D eigenvalue weighted by molar-refractivity contribution is -0.140. The summed E-state index contributed by atoms with van der Waals surface area (Å²) in [7, 11) is 1.35. The van der Waals surface area contributed by atoms with E-state index in [0.29, 0.717) is 25.9 Å². The monoisotopic (exact) mass is 311 g/mol. The smallest absolute Gasteiger partial charge is 0.305 e. The molecule has 0 aromatic carbocycles. The van der Waals surface area contributed by atoms with E-state index in [1.54, 1.807) is 16.2 Å². The highest BCUT2D eigenvalue weighted by atomic mass is 32.1. The van der Waals surface area contributed by atoms with E-state index < -0.39 is 0 Å². The molecule has 0 spiro atoms. The molecule has 1 aromatic heterocycles. The Kier molecular flexibility index (Phi) is 5.76. The van der Waals surface area contributed by atoms with Gasteiger partial charge in [-0.2, -0.15) is 11.3 Å². The Morgan fingerprint density at radius 2 is 2.24 bits per heavy atom. The topological polar surface area (TPSA) is 66.8 Å². The molecule has 6 heteroatoms. The number of carbonyl (C=O) groups excluding carboxylic acids is 2. The van der Waals surface area contributed by atoms with Crippen molar-refractivity contribution in [2.45, 2.75) is 25.2 Å². The largest absolute Gasteiger partial charge is 0.469 e. The number of rotatable bonds is 6. The first kappa shape index (κ1) is 16.0. The van der Waals surface area contributed by atoms with Crippen LogP contribution < -0.4 is 0 Å². The molecule has 21 heavy (non-hydrogen) atoms. The van der Waals surface area contributed by atoms with Crippen molar-refractivity contribution in [1.29, 1.82) is 0 Å². The zero-order chi connectivity index (χ0) is 15.2. The fraction of sp³-hybridized carbons (Fsp3) is 0.600. The van der Waals surface area contributed by atoms with Crippen molar-refractivity contribution in [2.75, 3.05) is 26.8 Å². The van der Waals surface area contributed by atoms with Gasteiger partial charge in [-0.1, -0.05) is 0 Å². The molecule has 0 radical (unpaired) electrons. The third-order valence-corrected chi connectivity index (χ3v) is 4.70. The second kappa shape index (κ2) is 7.56. The molecule has 0 saturated carbocycles. The number of amides is 1. The molecule has 2 heterocycles. The number of likely N-dealkylation sites (tertiary alicyclic amines) is 1. The van der Waals surface area contributed by atoms with Crippen molar-refractivity contribution in [3.8, 4) is 0 Å². The maximum Gasteiger partial charge on any atom is 0.305 e. The van der Waals surface area contributed by atoms with Crippen LogP contribution >= 0.6 is 11.3 Å². The van der Waals surface area contributed by atoms with Crippen molar-refractivity contribution in [2.24, 2.45) is 5.92 Å². The molecular formula is C15H21NO4S. The van der Waals surface area contributed by atoms with Gasteiger partial charge in [0.1, 0.15) is 0 Å². The molecule has 2 rings (SSSR count). The van der Waals surface area contributed by atoms with Gasteiger partial charge in [0.25, 0.3) is 0 Å². The van der Waals surface area contributed by atoms with Crippen molar-refractivity contribution in [1.82, 2.24) is 4.90 Å². The molecule has 0 unspecified atom stereocenters. The number of esters is 1. The fourth-order valence-corrected chi connectivity index (χ4v) is 3.49. The van der Waals surface area contributed by atoms with Gasteiger partial charge < -0.3 is 14.7 Å². The standard InChI is InChI=1S/C15H21NO4S/c1-20-15(19)4-2-3-14(18)16-7-12(9-17)13(8-16)11-5-6-21-10-11/h5-6,10,12-13,17H,2-4,7-9H2,1H3/t12-,13-/m0/s1. The van der Waals surface area contributed by atoms with Gasteiger partial charge in [-0.05, 0) is 28.8 Å². The first-order chi connectivity index (χ1) is 10.2. The lowest BCUT2D eigenvalue weighted by Gasteiger charge is -2.16. The average molecular weight is 311 g/mol. The summed E-state index contributed by atoms with van der Waals surface area (Å²) >= 11 is 1.63. The van der Waals surface area contributed by atoms with Gasteiger partial charge in [0.15, 0.2) is 0 Å². The predicted octanol–water partition coefficient (Wildman–Crippen LogP) is 1.63. The van der Waals surface area contributed by atoms with E-state index in [4.69, 9.17) is 0 Å².